The average molecular weight is 920 g/mol. The molecule has 0 aromatic heterocycles. The molecule has 392 valence electrons. The molecule has 0 rings (SSSR count). The molecule has 0 atom stereocenters. The van der Waals surface area contributed by atoms with Gasteiger partial charge in [-0.3, -0.25) is 4.79 Å². The van der Waals surface area contributed by atoms with E-state index in [9.17, 15) is 4.79 Å². The van der Waals surface area contributed by atoms with Crippen molar-refractivity contribution in [2.24, 2.45) is 0 Å². The molecule has 4 heteroatoms. The molecule has 0 aliphatic rings. The second-order valence-corrected chi connectivity index (χ2v) is 22.2. The van der Waals surface area contributed by atoms with E-state index in [4.69, 9.17) is 0 Å². The van der Waals surface area contributed by atoms with Crippen LogP contribution in [0.15, 0.2) is 0 Å². The third-order valence-corrected chi connectivity index (χ3v) is 14.3. The smallest absolute Gasteiger partial charge is 0.219 e. The molecule has 0 aromatic carbocycles. The monoisotopic (exact) mass is 919 g/mol. The van der Waals surface area contributed by atoms with Gasteiger partial charge in [-0.15, -0.1) is 0 Å². The van der Waals surface area contributed by atoms with Crippen molar-refractivity contribution in [3.05, 3.63) is 0 Å². The zero-order valence-electron chi connectivity index (χ0n) is 46.8. The lowest BCUT2D eigenvalue weighted by Gasteiger charge is -2.30. The number of unbranched alkanes of at least 4 members (excludes halogenated alkanes) is 44. The summed E-state index contributed by atoms with van der Waals surface area (Å²) in [5.74, 6) is 0.235. The Balaban J connectivity index is 0. The third kappa shape index (κ3) is 63.4. The van der Waals surface area contributed by atoms with Crippen molar-refractivity contribution >= 4 is 5.91 Å². The molecular formula is C61H128N3O+. The topological polar surface area (TPSA) is 32.3 Å². The van der Waals surface area contributed by atoms with Gasteiger partial charge in [0.05, 0.1) is 27.2 Å². The summed E-state index contributed by atoms with van der Waals surface area (Å²) in [6.07, 6.45) is 69.2. The average Bonchev–Trinajstić information content (AvgIpc) is 3.29. The Morgan fingerprint density at radius 2 is 0.538 bits per heavy atom. The quantitative estimate of drug-likeness (QED) is 0.0487. The summed E-state index contributed by atoms with van der Waals surface area (Å²) < 4.78 is 1.25. The maximum atomic E-state index is 11.7. The number of rotatable bonds is 54. The minimum absolute atomic E-state index is 0.235. The number of hydrogen-bond acceptors (Lipinski definition) is 2. The van der Waals surface area contributed by atoms with Crippen LogP contribution in [0.2, 0.25) is 0 Å². The first-order valence-corrected chi connectivity index (χ1v) is 30.5. The van der Waals surface area contributed by atoms with Gasteiger partial charge in [-0.1, -0.05) is 290 Å². The molecule has 0 spiro atoms. The predicted octanol–water partition coefficient (Wildman–Crippen LogP) is 19.9. The SMILES string of the molecule is CCCCCCCCCCCCCCCCCC(=O)NCCCN(C)C.CCCCCCCCCCCCCCCCCC[N+](C)(C)CCCCCCCCCCCCCCCCCC. The van der Waals surface area contributed by atoms with E-state index in [1.165, 1.54) is 313 Å². The maximum absolute atomic E-state index is 11.7. The number of amides is 1. The fourth-order valence-corrected chi connectivity index (χ4v) is 9.66. The Kier molecular flexibility index (Phi) is 59.0. The van der Waals surface area contributed by atoms with Gasteiger partial charge in [-0.25, -0.2) is 0 Å². The van der Waals surface area contributed by atoms with E-state index >= 15 is 0 Å². The highest BCUT2D eigenvalue weighted by atomic mass is 16.1. The molecule has 65 heavy (non-hydrogen) atoms. The van der Waals surface area contributed by atoms with Crippen LogP contribution in [0.25, 0.3) is 0 Å². The van der Waals surface area contributed by atoms with Crippen molar-refractivity contribution in [1.29, 1.82) is 0 Å². The summed E-state index contributed by atoms with van der Waals surface area (Å²) in [6.45, 7) is 11.5. The van der Waals surface area contributed by atoms with Crippen molar-refractivity contribution in [3.63, 3.8) is 0 Å². The van der Waals surface area contributed by atoms with E-state index in [1.54, 1.807) is 0 Å². The van der Waals surface area contributed by atoms with E-state index in [0.717, 1.165) is 25.9 Å². The number of carbonyl (C=O) groups is 1. The highest BCUT2D eigenvalue weighted by Crippen LogP contribution is 2.18. The zero-order chi connectivity index (χ0) is 47.8. The van der Waals surface area contributed by atoms with E-state index in [1.807, 2.05) is 0 Å². The first kappa shape index (κ1) is 66.5. The van der Waals surface area contributed by atoms with Crippen LogP contribution in [0.5, 0.6) is 0 Å². The number of carbonyl (C=O) groups excluding carboxylic acids is 1. The Morgan fingerprint density at radius 1 is 0.323 bits per heavy atom. The van der Waals surface area contributed by atoms with Gasteiger partial charge in [0.15, 0.2) is 0 Å². The van der Waals surface area contributed by atoms with Gasteiger partial charge >= 0.3 is 0 Å². The highest BCUT2D eigenvalue weighted by Gasteiger charge is 2.13. The number of quaternary nitrogens is 1. The normalized spacial score (nSPS) is 11.7. The molecule has 0 aliphatic heterocycles. The van der Waals surface area contributed by atoms with Gasteiger partial charge in [0.25, 0.3) is 0 Å². The van der Waals surface area contributed by atoms with Crippen molar-refractivity contribution in [2.45, 2.75) is 335 Å². The molecule has 0 saturated heterocycles. The Hall–Kier alpha value is -0.610. The van der Waals surface area contributed by atoms with Crippen LogP contribution in [0.3, 0.4) is 0 Å². The summed E-state index contributed by atoms with van der Waals surface area (Å²) >= 11 is 0. The highest BCUT2D eigenvalue weighted by molar-refractivity contribution is 5.75. The van der Waals surface area contributed by atoms with Crippen LogP contribution in [-0.2, 0) is 4.79 Å². The van der Waals surface area contributed by atoms with E-state index in [0.29, 0.717) is 6.42 Å². The molecule has 0 heterocycles. The molecule has 0 aliphatic carbocycles. The van der Waals surface area contributed by atoms with Gasteiger partial charge in [0.2, 0.25) is 5.91 Å². The lowest BCUT2D eigenvalue weighted by atomic mass is 10.0. The summed E-state index contributed by atoms with van der Waals surface area (Å²) in [7, 11) is 9.07. The molecule has 0 unspecified atom stereocenters. The molecule has 4 nitrogen and oxygen atoms in total. The van der Waals surface area contributed by atoms with Crippen LogP contribution in [0, 0.1) is 0 Å². The Morgan fingerprint density at radius 3 is 0.769 bits per heavy atom. The van der Waals surface area contributed by atoms with Gasteiger partial charge in [-0.05, 0) is 59.2 Å². The fraction of sp³-hybridized carbons (Fsp3) is 0.984. The van der Waals surface area contributed by atoms with Crippen molar-refractivity contribution in [1.82, 2.24) is 10.2 Å². The number of hydrogen-bond donors (Lipinski definition) is 1. The first-order chi connectivity index (χ1) is 31.8. The Bertz CT molecular complexity index is 820. The molecule has 1 amide bonds. The van der Waals surface area contributed by atoms with Crippen LogP contribution >= 0.6 is 0 Å². The largest absolute Gasteiger partial charge is 0.356 e. The first-order valence-electron chi connectivity index (χ1n) is 30.5. The fourth-order valence-electron chi connectivity index (χ4n) is 9.66. The number of nitrogens with one attached hydrogen (secondary N) is 1. The predicted molar refractivity (Wildman–Crippen MR) is 297 cm³/mol. The minimum atomic E-state index is 0.235. The van der Waals surface area contributed by atoms with Gasteiger partial charge in [0.1, 0.15) is 0 Å². The second kappa shape index (κ2) is 57.7. The molecular weight excluding hydrogens is 791 g/mol. The zero-order valence-corrected chi connectivity index (χ0v) is 46.8. The maximum Gasteiger partial charge on any atom is 0.219 e. The van der Waals surface area contributed by atoms with Crippen molar-refractivity contribution in [3.8, 4) is 0 Å². The van der Waals surface area contributed by atoms with Crippen LogP contribution in [0.4, 0.5) is 0 Å². The second-order valence-electron chi connectivity index (χ2n) is 22.2. The van der Waals surface area contributed by atoms with E-state index < -0.39 is 0 Å². The lowest BCUT2D eigenvalue weighted by Crippen LogP contribution is -2.41. The Labute approximate surface area is 413 Å². The standard InChI is InChI=1S/C38H80N.C23H48N2O/c1-5-7-9-11-13-15-17-19-21-23-25-27-29-31-33-35-37-39(3,4)38-36-34-32-30-28-26-24-22-20-18-16-14-12-10-8-6-2;1-4-5-6-7-8-9-10-11-12-13-14-15-16-17-18-20-23(26)24-21-19-22-25(2)3/h5-38H2,1-4H3;4-22H2,1-3H3,(H,24,26)/q+1;. The van der Waals surface area contributed by atoms with Crippen molar-refractivity contribution < 1.29 is 9.28 Å². The lowest BCUT2D eigenvalue weighted by molar-refractivity contribution is -0.890. The van der Waals surface area contributed by atoms with Gasteiger partial charge < -0.3 is 14.7 Å². The number of nitrogens with zero attached hydrogens (tertiary/aromatic N) is 2. The molecule has 0 aromatic rings. The van der Waals surface area contributed by atoms with Crippen molar-refractivity contribution in [2.75, 3.05) is 54.4 Å². The van der Waals surface area contributed by atoms with E-state index in [2.05, 4.69) is 59.2 Å². The molecule has 0 saturated carbocycles. The molecule has 1 N–H and O–H groups in total. The summed E-state index contributed by atoms with van der Waals surface area (Å²) in [5.41, 5.74) is 0. The van der Waals surface area contributed by atoms with E-state index in [-0.39, 0.29) is 5.91 Å². The van der Waals surface area contributed by atoms with Gasteiger partial charge in [-0.2, -0.15) is 0 Å². The summed E-state index contributed by atoms with van der Waals surface area (Å²) in [6, 6.07) is 0. The minimum Gasteiger partial charge on any atom is -0.356 e. The molecule has 0 bridgehead atoms. The third-order valence-electron chi connectivity index (χ3n) is 14.3. The molecule has 0 fully saturated rings. The van der Waals surface area contributed by atoms with Gasteiger partial charge in [0, 0.05) is 13.0 Å². The van der Waals surface area contributed by atoms with Crippen LogP contribution < -0.4 is 5.32 Å². The molecule has 0 radical (unpaired) electrons. The summed E-state index contributed by atoms with van der Waals surface area (Å²) in [4.78, 5) is 13.9. The van der Waals surface area contributed by atoms with Crippen LogP contribution in [-0.4, -0.2) is 69.7 Å². The van der Waals surface area contributed by atoms with Crippen LogP contribution in [0.1, 0.15) is 335 Å². The summed E-state index contributed by atoms with van der Waals surface area (Å²) in [5, 5.41) is 3.02.